The van der Waals surface area contributed by atoms with Gasteiger partial charge >= 0.3 is 6.09 Å². The summed E-state index contributed by atoms with van der Waals surface area (Å²) in [5.74, 6) is 0. The van der Waals surface area contributed by atoms with Crippen molar-refractivity contribution < 1.29 is 9.90 Å². The molecule has 0 aromatic heterocycles. The van der Waals surface area contributed by atoms with Crippen molar-refractivity contribution in [1.29, 1.82) is 0 Å². The smallest absolute Gasteiger partial charge is 0.271 e. The molecule has 0 N–H and O–H groups in total. The quantitative estimate of drug-likeness (QED) is 0.801. The summed E-state index contributed by atoms with van der Waals surface area (Å²) in [6.07, 6.45) is 7.61. The van der Waals surface area contributed by atoms with Gasteiger partial charge in [0.15, 0.2) is 0 Å². The molecule has 0 aliphatic heterocycles. The molecule has 0 spiro atoms. The van der Waals surface area contributed by atoms with E-state index in [1.54, 1.807) is 4.90 Å². The van der Waals surface area contributed by atoms with Crippen molar-refractivity contribution in [3.05, 3.63) is 28.3 Å². The third-order valence-electron chi connectivity index (χ3n) is 4.79. The number of anilines is 1. The minimum Gasteiger partial charge on any atom is -0.271 e. The lowest BCUT2D eigenvalue weighted by Crippen LogP contribution is -2.32. The summed E-state index contributed by atoms with van der Waals surface area (Å²) in [6, 6.07) is 2.52. The molecule has 1 aromatic rings. The van der Waals surface area contributed by atoms with Crippen LogP contribution in [0.2, 0.25) is 0 Å². The molecule has 3 heteroatoms. The van der Waals surface area contributed by atoms with Gasteiger partial charge in [0.05, 0.1) is 5.69 Å². The molecule has 3 nitrogen and oxygen atoms in total. The molecule has 3 aliphatic rings. The highest BCUT2D eigenvalue weighted by molar-refractivity contribution is 5.90. The van der Waals surface area contributed by atoms with Crippen molar-refractivity contribution in [2.75, 3.05) is 4.90 Å². The second-order valence-electron chi connectivity index (χ2n) is 6.07. The Hall–Kier alpha value is -1.51. The van der Waals surface area contributed by atoms with Gasteiger partial charge < -0.3 is 0 Å². The van der Waals surface area contributed by atoms with Crippen molar-refractivity contribution >= 4 is 11.8 Å². The molecule has 1 saturated carbocycles. The fourth-order valence-corrected chi connectivity index (χ4v) is 3.83. The van der Waals surface area contributed by atoms with E-state index in [1.165, 1.54) is 22.3 Å². The maximum Gasteiger partial charge on any atom is 0.457 e. The zero-order chi connectivity index (χ0) is 13.0. The van der Waals surface area contributed by atoms with Crippen LogP contribution >= 0.6 is 0 Å². The van der Waals surface area contributed by atoms with Gasteiger partial charge in [0.2, 0.25) is 0 Å². The normalized spacial score (nSPS) is 20.2. The lowest BCUT2D eigenvalue weighted by atomic mass is 9.98. The van der Waals surface area contributed by atoms with Gasteiger partial charge in [-0.05, 0) is 73.6 Å². The van der Waals surface area contributed by atoms with Crippen LogP contribution in [-0.2, 0) is 30.8 Å². The van der Waals surface area contributed by atoms with Crippen LogP contribution in [0.1, 0.15) is 47.9 Å². The number of rotatable bonds is 2. The van der Waals surface area contributed by atoms with E-state index in [0.29, 0.717) is 0 Å². The molecule has 1 radical (unpaired) electrons. The van der Waals surface area contributed by atoms with Crippen LogP contribution in [0.4, 0.5) is 10.5 Å². The van der Waals surface area contributed by atoms with E-state index < -0.39 is 6.09 Å². The fraction of sp³-hybridized carbons (Fsp3) is 0.562. The van der Waals surface area contributed by atoms with E-state index in [-0.39, 0.29) is 6.04 Å². The number of benzene rings is 1. The summed E-state index contributed by atoms with van der Waals surface area (Å²) in [6.45, 7) is 0. The van der Waals surface area contributed by atoms with Crippen molar-refractivity contribution in [2.45, 2.75) is 57.4 Å². The van der Waals surface area contributed by atoms with Gasteiger partial charge in [0, 0.05) is 6.04 Å². The average molecular weight is 256 g/mol. The van der Waals surface area contributed by atoms with Crippen LogP contribution in [0, 0.1) is 0 Å². The molecule has 0 bridgehead atoms. The molecule has 4 rings (SSSR count). The Morgan fingerprint density at radius 2 is 1.58 bits per heavy atom. The van der Waals surface area contributed by atoms with Gasteiger partial charge in [-0.1, -0.05) is 6.07 Å². The molecule has 0 unspecified atom stereocenters. The molecule has 0 atom stereocenters. The number of carbonyl (C=O) groups excluding carboxylic acids is 1. The van der Waals surface area contributed by atoms with E-state index in [2.05, 4.69) is 6.07 Å². The topological polar surface area (TPSA) is 40.2 Å². The predicted molar refractivity (Wildman–Crippen MR) is 72.1 cm³/mol. The predicted octanol–water partition coefficient (Wildman–Crippen LogP) is 3.18. The van der Waals surface area contributed by atoms with Crippen LogP contribution in [0.5, 0.6) is 0 Å². The highest BCUT2D eigenvalue weighted by Crippen LogP contribution is 2.44. The molecule has 0 saturated heterocycles. The van der Waals surface area contributed by atoms with Crippen LogP contribution in [-0.4, -0.2) is 12.1 Å². The standard InChI is InChI=1S/C16H18NO2/c18-16(19)17(12-7-8-12)15-13-5-1-3-10(13)9-11-4-2-6-14(11)15/h9,12H,1-8H2. The Morgan fingerprint density at radius 1 is 1.00 bits per heavy atom. The van der Waals surface area contributed by atoms with Gasteiger partial charge in [-0.15, -0.1) is 0 Å². The van der Waals surface area contributed by atoms with Crippen LogP contribution in [0.25, 0.3) is 0 Å². The zero-order valence-corrected chi connectivity index (χ0v) is 11.1. The van der Waals surface area contributed by atoms with Gasteiger partial charge in [-0.2, -0.15) is 0 Å². The molecule has 1 fully saturated rings. The number of nitrogens with zero attached hydrogens (tertiary/aromatic N) is 1. The van der Waals surface area contributed by atoms with Crippen LogP contribution in [0.3, 0.4) is 0 Å². The Kier molecular flexibility index (Phi) is 2.38. The Bertz CT molecular complexity index is 528. The average Bonchev–Trinajstić information content (AvgIpc) is 2.90. The number of fused-ring (bicyclic) bond motifs is 2. The minimum absolute atomic E-state index is 0.182. The number of aryl methyl sites for hydroxylation is 2. The zero-order valence-electron chi connectivity index (χ0n) is 11.1. The summed E-state index contributed by atoms with van der Waals surface area (Å²) in [5.41, 5.74) is 6.42. The van der Waals surface area contributed by atoms with Crippen molar-refractivity contribution in [3.63, 3.8) is 0 Å². The van der Waals surface area contributed by atoms with Crippen molar-refractivity contribution in [3.8, 4) is 0 Å². The maximum absolute atomic E-state index is 11.6. The first-order valence-corrected chi connectivity index (χ1v) is 7.42. The van der Waals surface area contributed by atoms with E-state index in [4.69, 9.17) is 0 Å². The lowest BCUT2D eigenvalue weighted by molar-refractivity contribution is 0.176. The van der Waals surface area contributed by atoms with Crippen LogP contribution in [0.15, 0.2) is 6.07 Å². The second kappa shape index (κ2) is 3.99. The summed E-state index contributed by atoms with van der Waals surface area (Å²) >= 11 is 0. The van der Waals surface area contributed by atoms with Gasteiger partial charge in [0.1, 0.15) is 0 Å². The summed E-state index contributed by atoms with van der Waals surface area (Å²) in [4.78, 5) is 13.2. The Morgan fingerprint density at radius 3 is 2.05 bits per heavy atom. The fourth-order valence-electron chi connectivity index (χ4n) is 3.83. The number of hydrogen-bond donors (Lipinski definition) is 0. The van der Waals surface area contributed by atoms with Crippen LogP contribution < -0.4 is 4.90 Å². The van der Waals surface area contributed by atoms with Gasteiger partial charge in [-0.25, -0.2) is 9.90 Å². The number of carbonyl (C=O) groups is 1. The third kappa shape index (κ3) is 1.67. The van der Waals surface area contributed by atoms with E-state index in [1.807, 2.05) is 0 Å². The lowest BCUT2D eigenvalue weighted by Gasteiger charge is -2.24. The SMILES string of the molecule is [O]C(=O)N(c1c2c(cc3c1CCC3)CCC2)C1CC1. The first-order valence-electron chi connectivity index (χ1n) is 7.42. The first kappa shape index (κ1) is 11.3. The maximum atomic E-state index is 11.6. The summed E-state index contributed by atoms with van der Waals surface area (Å²) < 4.78 is 0. The monoisotopic (exact) mass is 256 g/mol. The largest absolute Gasteiger partial charge is 0.457 e. The highest BCUT2D eigenvalue weighted by atomic mass is 16.4. The summed E-state index contributed by atoms with van der Waals surface area (Å²) in [7, 11) is 0. The molecule has 3 aliphatic carbocycles. The molecule has 1 amide bonds. The minimum atomic E-state index is -1.00. The van der Waals surface area contributed by atoms with E-state index >= 15 is 0 Å². The second-order valence-corrected chi connectivity index (χ2v) is 6.07. The number of amides is 1. The molecular weight excluding hydrogens is 238 g/mol. The van der Waals surface area contributed by atoms with Crippen molar-refractivity contribution in [2.24, 2.45) is 0 Å². The van der Waals surface area contributed by atoms with Gasteiger partial charge in [0.25, 0.3) is 0 Å². The Labute approximate surface area is 113 Å². The molecular formula is C16H18NO2. The van der Waals surface area contributed by atoms with Gasteiger partial charge in [-0.3, -0.25) is 4.90 Å². The molecule has 19 heavy (non-hydrogen) atoms. The molecule has 0 heterocycles. The first-order chi connectivity index (χ1) is 9.25. The number of hydrogen-bond acceptors (Lipinski definition) is 1. The van der Waals surface area contributed by atoms with Crippen molar-refractivity contribution in [1.82, 2.24) is 0 Å². The molecule has 99 valence electrons. The summed E-state index contributed by atoms with van der Waals surface area (Å²) in [5, 5.41) is 11.6. The third-order valence-corrected chi connectivity index (χ3v) is 4.79. The Balaban J connectivity index is 1.92. The van der Waals surface area contributed by atoms with E-state index in [0.717, 1.165) is 57.1 Å². The van der Waals surface area contributed by atoms with E-state index in [9.17, 15) is 9.90 Å². The molecule has 1 aromatic carbocycles. The highest BCUT2D eigenvalue weighted by Gasteiger charge is 2.39.